The van der Waals surface area contributed by atoms with Gasteiger partial charge in [-0.25, -0.2) is 4.99 Å². The van der Waals surface area contributed by atoms with Crippen molar-refractivity contribution in [2.45, 2.75) is 13.8 Å². The molecule has 1 aromatic carbocycles. The van der Waals surface area contributed by atoms with Gasteiger partial charge in [0.1, 0.15) is 5.76 Å². The number of thioether (sulfide) groups is 1. The number of amidine groups is 1. The zero-order valence-corrected chi connectivity index (χ0v) is 13.7. The SMILES string of the molecule is Cc1cccc(N=C2NC(=O)/C(=C/C=C/c3ccco3)S2)c1C. The zero-order valence-electron chi connectivity index (χ0n) is 12.9. The fourth-order valence-corrected chi connectivity index (χ4v) is 2.86. The van der Waals surface area contributed by atoms with Crippen LogP contribution < -0.4 is 5.32 Å². The van der Waals surface area contributed by atoms with Crippen molar-refractivity contribution in [3.05, 3.63) is 70.5 Å². The zero-order chi connectivity index (χ0) is 16.2. The van der Waals surface area contributed by atoms with E-state index < -0.39 is 0 Å². The Morgan fingerprint density at radius 1 is 1.22 bits per heavy atom. The number of nitrogens with zero attached hydrogens (tertiary/aromatic N) is 1. The molecule has 0 saturated carbocycles. The summed E-state index contributed by atoms with van der Waals surface area (Å²) in [5.41, 5.74) is 3.17. The number of aliphatic imine (C=N–C) groups is 1. The van der Waals surface area contributed by atoms with Crippen LogP contribution in [0.2, 0.25) is 0 Å². The van der Waals surface area contributed by atoms with Gasteiger partial charge in [-0.1, -0.05) is 18.2 Å². The molecule has 1 fully saturated rings. The van der Waals surface area contributed by atoms with Gasteiger partial charge >= 0.3 is 0 Å². The predicted octanol–water partition coefficient (Wildman–Crippen LogP) is 4.34. The number of hydrogen-bond donors (Lipinski definition) is 1. The summed E-state index contributed by atoms with van der Waals surface area (Å²) < 4.78 is 5.20. The number of amides is 1. The molecule has 23 heavy (non-hydrogen) atoms. The maximum atomic E-state index is 12.0. The molecule has 1 N–H and O–H groups in total. The minimum Gasteiger partial charge on any atom is -0.465 e. The summed E-state index contributed by atoms with van der Waals surface area (Å²) in [6.45, 7) is 4.07. The lowest BCUT2D eigenvalue weighted by atomic mass is 10.1. The summed E-state index contributed by atoms with van der Waals surface area (Å²) >= 11 is 1.33. The van der Waals surface area contributed by atoms with Gasteiger partial charge in [0.15, 0.2) is 5.17 Å². The van der Waals surface area contributed by atoms with Gasteiger partial charge in [0, 0.05) is 0 Å². The van der Waals surface area contributed by atoms with Gasteiger partial charge in [-0.15, -0.1) is 0 Å². The average molecular weight is 324 g/mol. The highest BCUT2D eigenvalue weighted by atomic mass is 32.2. The van der Waals surface area contributed by atoms with E-state index in [0.29, 0.717) is 10.1 Å². The summed E-state index contributed by atoms with van der Waals surface area (Å²) in [5, 5.41) is 3.39. The van der Waals surface area contributed by atoms with Crippen molar-refractivity contribution in [2.24, 2.45) is 4.99 Å². The van der Waals surface area contributed by atoms with Crippen molar-refractivity contribution < 1.29 is 9.21 Å². The maximum absolute atomic E-state index is 12.0. The number of hydrogen-bond acceptors (Lipinski definition) is 4. The lowest BCUT2D eigenvalue weighted by molar-refractivity contribution is -0.115. The Labute approximate surface area is 139 Å². The Kier molecular flexibility index (Phi) is 4.48. The van der Waals surface area contributed by atoms with E-state index in [1.807, 2.05) is 44.2 Å². The molecule has 0 unspecified atom stereocenters. The van der Waals surface area contributed by atoms with Gasteiger partial charge in [0.05, 0.1) is 16.9 Å². The second-order valence-corrected chi connectivity index (χ2v) is 6.13. The standard InChI is InChI=1S/C18H16N2O2S/c1-12-6-3-9-15(13(12)2)19-18-20-17(21)16(23-18)10-4-7-14-8-5-11-22-14/h3-11H,1-2H3,(H,19,20,21)/b7-4+,16-10-. The molecule has 1 aliphatic rings. The van der Waals surface area contributed by atoms with E-state index in [-0.39, 0.29) is 5.91 Å². The molecule has 4 nitrogen and oxygen atoms in total. The first-order valence-electron chi connectivity index (χ1n) is 7.19. The molecular formula is C18H16N2O2S. The molecule has 2 heterocycles. The Balaban J connectivity index is 1.77. The molecule has 0 aliphatic carbocycles. The minimum atomic E-state index is -0.136. The summed E-state index contributed by atoms with van der Waals surface area (Å²) in [7, 11) is 0. The largest absolute Gasteiger partial charge is 0.465 e. The van der Waals surface area contributed by atoms with Crippen molar-refractivity contribution in [1.29, 1.82) is 0 Å². The van der Waals surface area contributed by atoms with Crippen LogP contribution in [0.3, 0.4) is 0 Å². The highest BCUT2D eigenvalue weighted by Gasteiger charge is 2.23. The second-order valence-electron chi connectivity index (χ2n) is 5.10. The quantitative estimate of drug-likeness (QED) is 0.854. The molecular weight excluding hydrogens is 308 g/mol. The molecule has 0 radical (unpaired) electrons. The van der Waals surface area contributed by atoms with Crippen molar-refractivity contribution in [3.63, 3.8) is 0 Å². The summed E-state index contributed by atoms with van der Waals surface area (Å²) in [6.07, 6.45) is 6.97. The number of furan rings is 1. The van der Waals surface area contributed by atoms with Crippen molar-refractivity contribution in [1.82, 2.24) is 5.32 Å². The second kappa shape index (κ2) is 6.71. The number of allylic oxidation sites excluding steroid dienone is 2. The molecule has 3 rings (SSSR count). The van der Waals surface area contributed by atoms with Gasteiger partial charge in [-0.05, 0) is 67.1 Å². The Morgan fingerprint density at radius 3 is 2.87 bits per heavy atom. The first-order chi connectivity index (χ1) is 11.1. The lowest BCUT2D eigenvalue weighted by Gasteiger charge is -2.03. The Bertz CT molecular complexity index is 818. The van der Waals surface area contributed by atoms with Crippen molar-refractivity contribution >= 4 is 34.6 Å². The lowest BCUT2D eigenvalue weighted by Crippen LogP contribution is -2.19. The maximum Gasteiger partial charge on any atom is 0.264 e. The highest BCUT2D eigenvalue weighted by molar-refractivity contribution is 8.18. The van der Waals surface area contributed by atoms with E-state index in [9.17, 15) is 4.79 Å². The third-order valence-corrected chi connectivity index (χ3v) is 4.43. The van der Waals surface area contributed by atoms with Crippen LogP contribution in [0.5, 0.6) is 0 Å². The molecule has 1 aliphatic heterocycles. The molecule has 116 valence electrons. The smallest absolute Gasteiger partial charge is 0.264 e. The van der Waals surface area contributed by atoms with Crippen LogP contribution >= 0.6 is 11.8 Å². The number of carbonyl (C=O) groups excluding carboxylic acids is 1. The van der Waals surface area contributed by atoms with E-state index in [0.717, 1.165) is 17.0 Å². The number of aryl methyl sites for hydroxylation is 1. The summed E-state index contributed by atoms with van der Waals surface area (Å²) in [6, 6.07) is 9.62. The Hall–Kier alpha value is -2.53. The van der Waals surface area contributed by atoms with Gasteiger partial charge < -0.3 is 9.73 Å². The average Bonchev–Trinajstić information content (AvgIpc) is 3.15. The molecule has 0 bridgehead atoms. The minimum absolute atomic E-state index is 0.136. The fourth-order valence-electron chi connectivity index (χ4n) is 2.08. The third-order valence-electron chi connectivity index (χ3n) is 3.50. The normalized spacial score (nSPS) is 18.3. The van der Waals surface area contributed by atoms with E-state index >= 15 is 0 Å². The number of nitrogens with one attached hydrogen (secondary N) is 1. The summed E-state index contributed by atoms with van der Waals surface area (Å²) in [5.74, 6) is 0.609. The fraction of sp³-hybridized carbons (Fsp3) is 0.111. The molecule has 2 aromatic rings. The van der Waals surface area contributed by atoms with E-state index in [1.54, 1.807) is 24.5 Å². The van der Waals surface area contributed by atoms with E-state index in [2.05, 4.69) is 10.3 Å². The topological polar surface area (TPSA) is 54.6 Å². The number of carbonyl (C=O) groups is 1. The number of benzene rings is 1. The first-order valence-corrected chi connectivity index (χ1v) is 8.01. The molecule has 1 saturated heterocycles. The van der Waals surface area contributed by atoms with Crippen molar-refractivity contribution in [3.8, 4) is 0 Å². The van der Waals surface area contributed by atoms with Crippen LogP contribution in [-0.4, -0.2) is 11.1 Å². The van der Waals surface area contributed by atoms with Crippen LogP contribution in [0, 0.1) is 13.8 Å². The molecule has 0 spiro atoms. The van der Waals surface area contributed by atoms with Gasteiger partial charge in [0.2, 0.25) is 0 Å². The molecule has 0 atom stereocenters. The van der Waals surface area contributed by atoms with Gasteiger partial charge in [-0.3, -0.25) is 4.79 Å². The van der Waals surface area contributed by atoms with E-state index in [4.69, 9.17) is 4.42 Å². The van der Waals surface area contributed by atoms with Crippen LogP contribution in [0.25, 0.3) is 6.08 Å². The van der Waals surface area contributed by atoms with Crippen LogP contribution in [0.1, 0.15) is 16.9 Å². The molecule has 1 amide bonds. The van der Waals surface area contributed by atoms with E-state index in [1.165, 1.54) is 17.3 Å². The van der Waals surface area contributed by atoms with Crippen LogP contribution in [-0.2, 0) is 4.79 Å². The highest BCUT2D eigenvalue weighted by Crippen LogP contribution is 2.28. The summed E-state index contributed by atoms with van der Waals surface area (Å²) in [4.78, 5) is 17.1. The monoisotopic (exact) mass is 324 g/mol. The predicted molar refractivity (Wildman–Crippen MR) is 94.6 cm³/mol. The molecule has 1 aromatic heterocycles. The molecule has 5 heteroatoms. The Morgan fingerprint density at radius 2 is 2.09 bits per heavy atom. The van der Waals surface area contributed by atoms with Gasteiger partial charge in [0.25, 0.3) is 5.91 Å². The third kappa shape index (κ3) is 3.63. The first kappa shape index (κ1) is 15.4. The van der Waals surface area contributed by atoms with Gasteiger partial charge in [-0.2, -0.15) is 0 Å². The number of rotatable bonds is 3. The van der Waals surface area contributed by atoms with Crippen LogP contribution in [0.15, 0.2) is 63.1 Å². The van der Waals surface area contributed by atoms with Crippen LogP contribution in [0.4, 0.5) is 5.69 Å². The van der Waals surface area contributed by atoms with Crippen molar-refractivity contribution in [2.75, 3.05) is 0 Å².